The first-order chi connectivity index (χ1) is 17.8. The number of halogens is 2. The summed E-state index contributed by atoms with van der Waals surface area (Å²) in [5, 5.41) is 21.3. The molecule has 0 heterocycles. The van der Waals surface area contributed by atoms with E-state index in [1.807, 2.05) is 67.6 Å². The van der Waals surface area contributed by atoms with Gasteiger partial charge in [-0.25, -0.2) is 8.78 Å². The molecule has 2 N–H and O–H groups in total. The van der Waals surface area contributed by atoms with Gasteiger partial charge in [0.1, 0.15) is 6.10 Å². The molecule has 0 amide bonds. The fraction of sp³-hybridized carbons (Fsp3) is 0.625. The molecule has 2 aromatic carbocycles. The lowest BCUT2D eigenvalue weighted by Gasteiger charge is -2.34. The van der Waals surface area contributed by atoms with Crippen molar-refractivity contribution in [3.8, 4) is 0 Å². The van der Waals surface area contributed by atoms with Gasteiger partial charge in [-0.1, -0.05) is 125 Å². The van der Waals surface area contributed by atoms with Gasteiger partial charge in [-0.2, -0.15) is 0 Å². The van der Waals surface area contributed by atoms with E-state index >= 15 is 0 Å². The summed E-state index contributed by atoms with van der Waals surface area (Å²) in [6.45, 7) is 5.22. The van der Waals surface area contributed by atoms with Crippen molar-refractivity contribution in [3.05, 3.63) is 71.8 Å². The van der Waals surface area contributed by atoms with Crippen molar-refractivity contribution in [1.82, 2.24) is 4.90 Å². The van der Waals surface area contributed by atoms with Gasteiger partial charge < -0.3 is 10.2 Å². The normalized spacial score (nSPS) is 14.6. The van der Waals surface area contributed by atoms with Gasteiger partial charge in [0.25, 0.3) is 5.92 Å². The van der Waals surface area contributed by atoms with Crippen LogP contribution in [0.2, 0.25) is 0 Å². The average Bonchev–Trinajstić information content (AvgIpc) is 2.90. The van der Waals surface area contributed by atoms with Crippen molar-refractivity contribution in [2.45, 2.75) is 128 Å². The number of benzene rings is 2. The molecule has 0 saturated heterocycles. The number of aliphatic hydroxyl groups excluding tert-OH is 2. The van der Waals surface area contributed by atoms with Crippen molar-refractivity contribution in [2.75, 3.05) is 0 Å². The Balaban J connectivity index is 1.81. The van der Waals surface area contributed by atoms with E-state index in [1.54, 1.807) is 0 Å². The second-order valence-corrected chi connectivity index (χ2v) is 10.6. The lowest BCUT2D eigenvalue weighted by atomic mass is 9.96. The van der Waals surface area contributed by atoms with E-state index in [0.29, 0.717) is 19.5 Å². The van der Waals surface area contributed by atoms with E-state index in [9.17, 15) is 19.0 Å². The van der Waals surface area contributed by atoms with Gasteiger partial charge in [0, 0.05) is 32.0 Å². The lowest BCUT2D eigenvalue weighted by Crippen LogP contribution is -2.45. The third kappa shape index (κ3) is 12.5. The van der Waals surface area contributed by atoms with Crippen LogP contribution in [-0.2, 0) is 13.1 Å². The van der Waals surface area contributed by atoms with Crippen molar-refractivity contribution in [3.63, 3.8) is 0 Å². The molecule has 0 saturated carbocycles. The molecule has 0 aliphatic rings. The first-order valence-electron chi connectivity index (χ1n) is 14.4. The molecular weight excluding hydrogens is 468 g/mol. The van der Waals surface area contributed by atoms with Crippen LogP contribution in [0.15, 0.2) is 60.7 Å². The molecule has 0 aliphatic carbocycles. The predicted octanol–water partition coefficient (Wildman–Crippen LogP) is 8.14. The highest BCUT2D eigenvalue weighted by molar-refractivity contribution is 5.17. The molecule has 5 heteroatoms. The zero-order valence-corrected chi connectivity index (χ0v) is 23.0. The third-order valence-corrected chi connectivity index (χ3v) is 7.41. The number of alkyl halides is 2. The monoisotopic (exact) mass is 517 g/mol. The maximum Gasteiger partial charge on any atom is 0.273 e. The topological polar surface area (TPSA) is 43.7 Å². The summed E-state index contributed by atoms with van der Waals surface area (Å²) in [7, 11) is 0. The van der Waals surface area contributed by atoms with E-state index < -0.39 is 24.2 Å². The Morgan fingerprint density at radius 2 is 1.14 bits per heavy atom. The lowest BCUT2D eigenvalue weighted by molar-refractivity contribution is -0.132. The zero-order valence-electron chi connectivity index (χ0n) is 23.0. The number of rotatable bonds is 20. The van der Waals surface area contributed by atoms with Crippen LogP contribution >= 0.6 is 0 Å². The Morgan fingerprint density at radius 1 is 0.703 bits per heavy atom. The number of hydrogen-bond acceptors (Lipinski definition) is 3. The molecule has 3 atom stereocenters. The second-order valence-electron chi connectivity index (χ2n) is 10.6. The maximum absolute atomic E-state index is 14.7. The largest absolute Gasteiger partial charge is 0.391 e. The van der Waals surface area contributed by atoms with Crippen LogP contribution in [0.3, 0.4) is 0 Å². The molecule has 0 unspecified atom stereocenters. The highest BCUT2D eigenvalue weighted by Crippen LogP contribution is 2.30. The minimum absolute atomic E-state index is 0.330. The minimum Gasteiger partial charge on any atom is -0.391 e. The van der Waals surface area contributed by atoms with E-state index in [2.05, 4.69) is 11.8 Å². The molecule has 0 spiro atoms. The predicted molar refractivity (Wildman–Crippen MR) is 150 cm³/mol. The standard InChI is InChI=1S/C32H49F2NO2/c1-3-4-5-6-7-8-9-10-11-18-23-32(33,34)31(37)24-30(36)27(2)35(25-28-19-14-12-15-20-28)26-29-21-16-13-17-22-29/h12-17,19-22,27,30-31,36-37H,3-11,18,23-26H2,1-2H3/t27-,30-,31+/m0/s1. The molecule has 37 heavy (non-hydrogen) atoms. The van der Waals surface area contributed by atoms with Crippen molar-refractivity contribution >= 4 is 0 Å². The molecule has 0 fully saturated rings. The molecule has 0 aliphatic heterocycles. The molecule has 2 aromatic rings. The maximum atomic E-state index is 14.7. The fourth-order valence-electron chi connectivity index (χ4n) is 4.84. The summed E-state index contributed by atoms with van der Waals surface area (Å²) in [5.41, 5.74) is 2.17. The fourth-order valence-corrected chi connectivity index (χ4v) is 4.84. The Bertz CT molecular complexity index is 777. The van der Waals surface area contributed by atoms with Gasteiger partial charge in [0.2, 0.25) is 0 Å². The first kappa shape index (κ1) is 31.4. The van der Waals surface area contributed by atoms with Gasteiger partial charge >= 0.3 is 0 Å². The van der Waals surface area contributed by atoms with Gasteiger partial charge in [0.15, 0.2) is 0 Å². The first-order valence-corrected chi connectivity index (χ1v) is 14.4. The van der Waals surface area contributed by atoms with Crippen LogP contribution in [0.25, 0.3) is 0 Å². The zero-order chi connectivity index (χ0) is 26.9. The van der Waals surface area contributed by atoms with Crippen LogP contribution < -0.4 is 0 Å². The van der Waals surface area contributed by atoms with Crippen LogP contribution in [0.1, 0.15) is 102 Å². The number of hydrogen-bond donors (Lipinski definition) is 2. The van der Waals surface area contributed by atoms with E-state index in [0.717, 1.165) is 30.4 Å². The van der Waals surface area contributed by atoms with Crippen LogP contribution in [0.5, 0.6) is 0 Å². The Labute approximate surface area is 223 Å². The van der Waals surface area contributed by atoms with E-state index in [1.165, 1.54) is 38.5 Å². The van der Waals surface area contributed by atoms with Gasteiger partial charge in [-0.15, -0.1) is 0 Å². The van der Waals surface area contributed by atoms with Crippen LogP contribution in [0, 0.1) is 0 Å². The summed E-state index contributed by atoms with van der Waals surface area (Å²) in [6, 6.07) is 19.5. The third-order valence-electron chi connectivity index (χ3n) is 7.41. The number of nitrogens with zero attached hydrogens (tertiary/aromatic N) is 1. The SMILES string of the molecule is CCCCCCCCCCCCC(F)(F)[C@H](O)C[C@H](O)[C@H](C)N(Cc1ccccc1)Cc1ccccc1. The molecule has 2 rings (SSSR count). The molecule has 0 bridgehead atoms. The van der Waals surface area contributed by atoms with Crippen molar-refractivity contribution in [2.24, 2.45) is 0 Å². The summed E-state index contributed by atoms with van der Waals surface area (Å²) in [6.07, 6.45) is 7.15. The molecule has 3 nitrogen and oxygen atoms in total. The van der Waals surface area contributed by atoms with E-state index in [-0.39, 0.29) is 12.8 Å². The van der Waals surface area contributed by atoms with Crippen LogP contribution in [0.4, 0.5) is 8.78 Å². The molecule has 208 valence electrons. The molecule has 0 aromatic heterocycles. The average molecular weight is 518 g/mol. The van der Waals surface area contributed by atoms with Crippen molar-refractivity contribution in [1.29, 1.82) is 0 Å². The Morgan fingerprint density at radius 3 is 1.59 bits per heavy atom. The molecule has 0 radical (unpaired) electrons. The van der Waals surface area contributed by atoms with Gasteiger partial charge in [0.05, 0.1) is 6.10 Å². The minimum atomic E-state index is -3.19. The van der Waals surface area contributed by atoms with E-state index in [4.69, 9.17) is 0 Å². The summed E-state index contributed by atoms with van der Waals surface area (Å²) in [4.78, 5) is 2.09. The summed E-state index contributed by atoms with van der Waals surface area (Å²) < 4.78 is 29.4. The summed E-state index contributed by atoms with van der Waals surface area (Å²) in [5.74, 6) is -3.19. The van der Waals surface area contributed by atoms with Gasteiger partial charge in [-0.3, -0.25) is 4.90 Å². The van der Waals surface area contributed by atoms with Gasteiger partial charge in [-0.05, 0) is 24.5 Å². The highest BCUT2D eigenvalue weighted by Gasteiger charge is 2.40. The smallest absolute Gasteiger partial charge is 0.273 e. The number of aliphatic hydroxyl groups is 2. The Hall–Kier alpha value is -1.82. The number of unbranched alkanes of at least 4 members (excludes halogenated alkanes) is 9. The Kier molecular flexibility index (Phi) is 15.0. The highest BCUT2D eigenvalue weighted by atomic mass is 19.3. The van der Waals surface area contributed by atoms with Crippen LogP contribution in [-0.4, -0.2) is 39.3 Å². The van der Waals surface area contributed by atoms with Crippen molar-refractivity contribution < 1.29 is 19.0 Å². The second kappa shape index (κ2) is 17.6. The summed E-state index contributed by atoms with van der Waals surface area (Å²) >= 11 is 0. The quantitative estimate of drug-likeness (QED) is 0.174. The molecular formula is C32H49F2NO2.